The van der Waals surface area contributed by atoms with Gasteiger partial charge in [-0.15, -0.1) is 0 Å². The second-order valence-electron chi connectivity index (χ2n) is 10.6. The fraction of sp³-hybridized carbons (Fsp3) is 0.500. The second kappa shape index (κ2) is 20.0. The molecule has 0 saturated heterocycles. The van der Waals surface area contributed by atoms with Crippen molar-refractivity contribution in [2.75, 3.05) is 13.1 Å². The molecule has 2 unspecified atom stereocenters. The monoisotopic (exact) mass is 648 g/mol. The van der Waals surface area contributed by atoms with E-state index in [1.165, 1.54) is 36.4 Å². The second-order valence-corrected chi connectivity index (χ2v) is 12.0. The minimum atomic E-state index is -4.67. The Morgan fingerprint density at radius 1 is 0.714 bits per heavy atom. The van der Waals surface area contributed by atoms with E-state index in [0.717, 1.165) is 0 Å². The van der Waals surface area contributed by atoms with Crippen molar-refractivity contribution in [1.29, 1.82) is 0 Å². The summed E-state index contributed by atoms with van der Waals surface area (Å²) < 4.78 is 40.2. The third-order valence-electron chi connectivity index (χ3n) is 4.27. The Morgan fingerprint density at radius 2 is 0.905 bits per heavy atom. The van der Waals surface area contributed by atoms with E-state index in [2.05, 4.69) is 10.6 Å². The summed E-state index contributed by atoms with van der Waals surface area (Å²) in [5, 5.41) is 63.1. The normalized spacial score (nSPS) is 12.4. The van der Waals surface area contributed by atoms with Gasteiger partial charge in [-0.05, 0) is 76.9 Å². The van der Waals surface area contributed by atoms with Crippen molar-refractivity contribution in [3.8, 4) is 23.0 Å². The molecule has 11 N–H and O–H groups in total. The molecule has 0 radical (unpaired) electrons. The number of hydrogen-bond acceptors (Lipinski definition) is 12. The molecule has 2 atom stereocenters. The molecule has 0 aliphatic carbocycles. The van der Waals surface area contributed by atoms with Gasteiger partial charge in [0, 0.05) is 36.3 Å². The van der Waals surface area contributed by atoms with Crippen LogP contribution in [0.3, 0.4) is 0 Å². The Kier molecular flexibility index (Phi) is 21.2. The van der Waals surface area contributed by atoms with Gasteiger partial charge in [-0.3, -0.25) is 9.11 Å². The maximum absolute atomic E-state index is 9.85. The van der Waals surface area contributed by atoms with E-state index in [4.69, 9.17) is 31.6 Å². The molecule has 18 heteroatoms. The van der Waals surface area contributed by atoms with Gasteiger partial charge in [0.2, 0.25) is 0 Å². The quantitative estimate of drug-likeness (QED) is 0.111. The number of phenolic OH excluding ortho intramolecular Hbond substituents is 4. The molecule has 0 heterocycles. The van der Waals surface area contributed by atoms with Gasteiger partial charge in [-0.25, -0.2) is 0 Å². The van der Waals surface area contributed by atoms with E-state index in [-0.39, 0.29) is 63.6 Å². The molecule has 0 saturated carbocycles. The summed E-state index contributed by atoms with van der Waals surface area (Å²) >= 11 is 0. The van der Waals surface area contributed by atoms with Crippen molar-refractivity contribution in [2.45, 2.75) is 64.8 Å². The number of aromatic hydroxyl groups is 4. The summed E-state index contributed by atoms with van der Waals surface area (Å²) in [6.07, 6.45) is -1.51. The van der Waals surface area contributed by atoms with Gasteiger partial charge < -0.3 is 55.3 Å². The molecule has 0 fully saturated rings. The van der Waals surface area contributed by atoms with Crippen LogP contribution in [0.1, 0.15) is 64.9 Å². The smallest absolute Gasteiger partial charge is 0.604 e. The molecule has 2 aromatic carbocycles. The summed E-state index contributed by atoms with van der Waals surface area (Å²) in [6, 6.07) is 8.22. The number of benzene rings is 2. The molecule has 0 aliphatic rings. The third-order valence-corrected chi connectivity index (χ3v) is 4.27. The first-order chi connectivity index (χ1) is 18.3. The van der Waals surface area contributed by atoms with Gasteiger partial charge in [-0.2, -0.15) is 8.42 Å². The largest absolute Gasteiger partial charge is 1.00 e. The van der Waals surface area contributed by atoms with E-state index < -0.39 is 31.8 Å². The van der Waals surface area contributed by atoms with Crippen LogP contribution in [0, 0.1) is 0 Å². The Morgan fingerprint density at radius 3 is 1.07 bits per heavy atom. The standard InChI is InChI=1S/2C12H19NO3.Na.H2O4S.HO3Si/c2*1-12(2,3)13-7-11(16)8-4-9(14)6-10(15)5-8;;1-5(2,3)4;1-4(2)3/h2*4-6,11,13-16H,7H2,1-3H3;;(H2,1,2,3,4);1H/q;;+1;;-1. The van der Waals surface area contributed by atoms with Crippen LogP contribution in [0.25, 0.3) is 0 Å². The summed E-state index contributed by atoms with van der Waals surface area (Å²) in [6.45, 7) is 12.7. The van der Waals surface area contributed by atoms with E-state index in [1.807, 2.05) is 41.5 Å². The summed E-state index contributed by atoms with van der Waals surface area (Å²) in [4.78, 5) is 15.7. The molecule has 0 amide bonds. The molecule has 2 rings (SSSR count). The van der Waals surface area contributed by atoms with Crippen LogP contribution < -0.4 is 45.0 Å². The third kappa shape index (κ3) is 29.5. The van der Waals surface area contributed by atoms with Gasteiger partial charge in [0.05, 0.1) is 12.2 Å². The predicted octanol–water partition coefficient (Wildman–Crippen LogP) is -2.86. The summed E-state index contributed by atoms with van der Waals surface area (Å²) in [5.74, 6) is -0.204. The number of rotatable bonds is 6. The molecule has 42 heavy (non-hydrogen) atoms. The number of hydrogen-bond donors (Lipinski definition) is 11. The van der Waals surface area contributed by atoms with Crippen LogP contribution >= 0.6 is 0 Å². The molecule has 15 nitrogen and oxygen atoms in total. The van der Waals surface area contributed by atoms with Crippen LogP contribution in [0.15, 0.2) is 36.4 Å². The fourth-order valence-corrected chi connectivity index (χ4v) is 2.66. The van der Waals surface area contributed by atoms with Crippen LogP contribution in [-0.4, -0.2) is 86.3 Å². The molecule has 2 aromatic rings. The maximum Gasteiger partial charge on any atom is 1.00 e. The van der Waals surface area contributed by atoms with E-state index in [1.54, 1.807) is 0 Å². The Balaban J connectivity index is -0.000000553. The number of β-amino-alcohol motifs (C(OH)–C–C–N with tert-alkyl or cyclic N) is 2. The number of aliphatic hydroxyl groups is 2. The average Bonchev–Trinajstić information content (AvgIpc) is 2.72. The molecule has 236 valence electrons. The van der Waals surface area contributed by atoms with Crippen LogP contribution in [0.4, 0.5) is 0 Å². The summed E-state index contributed by atoms with van der Waals surface area (Å²) in [7, 11) is -8.05. The van der Waals surface area contributed by atoms with Crippen LogP contribution in [0.5, 0.6) is 23.0 Å². The SMILES string of the molecule is CC(C)(C)NCC(O)c1cc(O)cc(O)c1.CC(C)(C)NCC(O)c1cc(O)cc(O)c1.O=S(=O)(O)O.O=[Si]([O-])O.[Na+]. The minimum absolute atomic E-state index is 0. The Hall–Kier alpha value is -2.03. The Bertz CT molecular complexity index is 1070. The first kappa shape index (κ1) is 44.4. The first-order valence-electron chi connectivity index (χ1n) is 11.8. The molecular weight excluding hydrogens is 607 g/mol. The van der Waals surface area contributed by atoms with Crippen molar-refractivity contribution < 1.29 is 91.8 Å². The molecular formula is C24H41N2NaO13SSi. The van der Waals surface area contributed by atoms with E-state index in [0.29, 0.717) is 24.2 Å². The zero-order chi connectivity index (χ0) is 32.8. The van der Waals surface area contributed by atoms with Crippen molar-refractivity contribution in [1.82, 2.24) is 10.6 Å². The topological polar surface area (TPSA) is 280 Å². The van der Waals surface area contributed by atoms with Gasteiger partial charge >= 0.3 is 49.1 Å². The van der Waals surface area contributed by atoms with Crippen LogP contribution in [-0.2, 0) is 14.9 Å². The minimum Gasteiger partial charge on any atom is -0.604 e. The average molecular weight is 649 g/mol. The van der Waals surface area contributed by atoms with Gasteiger partial charge in [0.1, 0.15) is 23.0 Å². The van der Waals surface area contributed by atoms with Crippen molar-refractivity contribution >= 4 is 19.6 Å². The molecule has 0 spiro atoms. The summed E-state index contributed by atoms with van der Waals surface area (Å²) in [5.41, 5.74) is 0.822. The number of nitrogens with one attached hydrogen (secondary N) is 2. The fourth-order valence-electron chi connectivity index (χ4n) is 2.66. The van der Waals surface area contributed by atoms with Crippen LogP contribution in [0.2, 0.25) is 0 Å². The van der Waals surface area contributed by atoms with Crippen molar-refractivity contribution in [3.05, 3.63) is 47.5 Å². The van der Waals surface area contributed by atoms with Gasteiger partial charge in [-0.1, -0.05) is 0 Å². The zero-order valence-corrected chi connectivity index (χ0v) is 28.4. The first-order valence-corrected chi connectivity index (χ1v) is 14.5. The molecule has 0 aromatic heterocycles. The van der Waals surface area contributed by atoms with E-state index >= 15 is 0 Å². The zero-order valence-electron chi connectivity index (χ0n) is 24.6. The Labute approximate surface area is 269 Å². The number of aliphatic hydroxyl groups excluding tert-OH is 2. The number of phenols is 4. The van der Waals surface area contributed by atoms with E-state index in [9.17, 15) is 30.6 Å². The predicted molar refractivity (Wildman–Crippen MR) is 148 cm³/mol. The van der Waals surface area contributed by atoms with Crippen molar-refractivity contribution in [2.24, 2.45) is 0 Å². The molecule has 0 aliphatic heterocycles. The maximum atomic E-state index is 9.85. The van der Waals surface area contributed by atoms with Gasteiger partial charge in [0.15, 0.2) is 0 Å². The van der Waals surface area contributed by atoms with Gasteiger partial charge in [0.25, 0.3) is 0 Å². The van der Waals surface area contributed by atoms with Crippen molar-refractivity contribution in [3.63, 3.8) is 0 Å². The molecule has 0 bridgehead atoms.